The zero-order valence-electron chi connectivity index (χ0n) is 19.2. The summed E-state index contributed by atoms with van der Waals surface area (Å²) in [7, 11) is 0. The first-order valence-electron chi connectivity index (χ1n) is 11.5. The van der Waals surface area contributed by atoms with Crippen LogP contribution in [0.15, 0.2) is 48.0 Å². The number of likely N-dealkylation sites (tertiary alicyclic amines) is 1. The normalized spacial score (nSPS) is 16.6. The highest BCUT2D eigenvalue weighted by Gasteiger charge is 2.37. The molecule has 11 heteroatoms. The monoisotopic (exact) mass is 564 g/mol. The van der Waals surface area contributed by atoms with Crippen molar-refractivity contribution < 1.29 is 14.3 Å². The second kappa shape index (κ2) is 10.9. The van der Waals surface area contributed by atoms with Crippen molar-refractivity contribution in [1.29, 1.82) is 0 Å². The molecule has 3 heterocycles. The van der Waals surface area contributed by atoms with Gasteiger partial charge in [-0.25, -0.2) is 4.98 Å². The average molecular weight is 566 g/mol. The van der Waals surface area contributed by atoms with Crippen molar-refractivity contribution in [3.05, 3.63) is 79.2 Å². The van der Waals surface area contributed by atoms with Crippen molar-refractivity contribution in [2.75, 3.05) is 39.3 Å². The highest BCUT2D eigenvalue weighted by Crippen LogP contribution is 2.29. The summed E-state index contributed by atoms with van der Waals surface area (Å²) < 4.78 is 5.80. The third kappa shape index (κ3) is 5.48. The van der Waals surface area contributed by atoms with E-state index in [1.165, 1.54) is 11.3 Å². The SMILES string of the molecule is O=C(c1ccc(OCc2ccc(Cl)c(Cl)c2)c(Cl)c1)N1CC(N2CCN(C(=O)c3nccs3)CC2)C1. The lowest BCUT2D eigenvalue weighted by atomic mass is 10.0. The lowest BCUT2D eigenvalue weighted by molar-refractivity contribution is 0.00853. The number of benzene rings is 2. The van der Waals surface area contributed by atoms with Crippen molar-refractivity contribution in [2.45, 2.75) is 12.6 Å². The Morgan fingerprint density at radius 3 is 2.36 bits per heavy atom. The summed E-state index contributed by atoms with van der Waals surface area (Å²) in [6, 6.07) is 10.7. The Bertz CT molecular complexity index is 1260. The standard InChI is InChI=1S/C25H23Cl3N4O3S/c26-19-3-1-16(11-20(19)27)15-35-22-4-2-17(12-21(22)28)24(33)32-13-18(14-32)30-6-8-31(9-7-30)25(34)23-29-5-10-36-23/h1-5,10-12,18H,6-9,13-15H2. The van der Waals surface area contributed by atoms with Crippen molar-refractivity contribution in [3.63, 3.8) is 0 Å². The van der Waals surface area contributed by atoms with Gasteiger partial charge < -0.3 is 14.5 Å². The summed E-state index contributed by atoms with van der Waals surface area (Å²) in [5, 5.41) is 3.67. The number of thiazole rings is 1. The zero-order valence-corrected chi connectivity index (χ0v) is 22.3. The maximum absolute atomic E-state index is 13.0. The first-order valence-corrected chi connectivity index (χ1v) is 13.5. The number of halogens is 3. The highest BCUT2D eigenvalue weighted by molar-refractivity contribution is 7.11. The summed E-state index contributed by atoms with van der Waals surface area (Å²) in [5.74, 6) is 0.434. The number of carbonyl (C=O) groups excluding carboxylic acids is 2. The van der Waals surface area contributed by atoms with E-state index in [1.54, 1.807) is 36.5 Å². The van der Waals surface area contributed by atoms with E-state index in [0.717, 1.165) is 18.7 Å². The maximum Gasteiger partial charge on any atom is 0.282 e. The van der Waals surface area contributed by atoms with Gasteiger partial charge in [-0.15, -0.1) is 11.3 Å². The predicted octanol–water partition coefficient (Wildman–Crippen LogP) is 4.96. The largest absolute Gasteiger partial charge is 0.487 e. The second-order valence-corrected chi connectivity index (χ2v) is 10.8. The number of ether oxygens (including phenoxy) is 1. The van der Waals surface area contributed by atoms with Crippen LogP contribution in [0, 0.1) is 0 Å². The Morgan fingerprint density at radius 1 is 0.917 bits per heavy atom. The van der Waals surface area contributed by atoms with Crippen LogP contribution < -0.4 is 4.74 Å². The molecule has 2 aromatic carbocycles. The van der Waals surface area contributed by atoms with Crippen molar-refractivity contribution >= 4 is 58.0 Å². The Kier molecular flexibility index (Phi) is 7.69. The van der Waals surface area contributed by atoms with Gasteiger partial charge in [-0.05, 0) is 35.9 Å². The number of aromatic nitrogens is 1. The van der Waals surface area contributed by atoms with E-state index in [9.17, 15) is 9.59 Å². The smallest absolute Gasteiger partial charge is 0.282 e. The van der Waals surface area contributed by atoms with Gasteiger partial charge in [0.1, 0.15) is 12.4 Å². The van der Waals surface area contributed by atoms with Crippen LogP contribution in [0.3, 0.4) is 0 Å². The molecule has 2 aliphatic rings. The predicted molar refractivity (Wildman–Crippen MR) is 142 cm³/mol. The highest BCUT2D eigenvalue weighted by atomic mass is 35.5. The van der Waals surface area contributed by atoms with Crippen molar-refractivity contribution in [2.24, 2.45) is 0 Å². The molecule has 0 unspecified atom stereocenters. The van der Waals surface area contributed by atoms with Gasteiger partial charge in [-0.3, -0.25) is 14.5 Å². The lowest BCUT2D eigenvalue weighted by Crippen LogP contribution is -2.64. The molecule has 0 atom stereocenters. The van der Waals surface area contributed by atoms with Gasteiger partial charge >= 0.3 is 0 Å². The van der Waals surface area contributed by atoms with Crippen LogP contribution in [0.2, 0.25) is 15.1 Å². The van der Waals surface area contributed by atoms with E-state index < -0.39 is 0 Å². The van der Waals surface area contributed by atoms with Gasteiger partial charge in [0.05, 0.1) is 15.1 Å². The number of nitrogens with zero attached hydrogens (tertiary/aromatic N) is 4. The Balaban J connectivity index is 1.10. The van der Waals surface area contributed by atoms with Crippen molar-refractivity contribution in [3.8, 4) is 5.75 Å². The Morgan fingerprint density at radius 2 is 1.69 bits per heavy atom. The summed E-state index contributed by atoms with van der Waals surface area (Å²) in [6.07, 6.45) is 1.65. The number of hydrogen-bond acceptors (Lipinski definition) is 6. The number of rotatable bonds is 6. The van der Waals surface area contributed by atoms with E-state index in [1.807, 2.05) is 21.2 Å². The Hall–Kier alpha value is -2.36. The molecule has 7 nitrogen and oxygen atoms in total. The van der Waals surface area contributed by atoms with Crippen LogP contribution in [-0.4, -0.2) is 76.8 Å². The van der Waals surface area contributed by atoms with Crippen LogP contribution in [0.25, 0.3) is 0 Å². The molecule has 2 aliphatic heterocycles. The number of piperazine rings is 1. The van der Waals surface area contributed by atoms with Crippen LogP contribution >= 0.6 is 46.1 Å². The topological polar surface area (TPSA) is 66.0 Å². The first-order chi connectivity index (χ1) is 17.4. The summed E-state index contributed by atoms with van der Waals surface area (Å²) in [4.78, 5) is 35.6. The fourth-order valence-electron chi connectivity index (χ4n) is 4.33. The maximum atomic E-state index is 13.0. The first kappa shape index (κ1) is 25.3. The molecule has 2 fully saturated rings. The van der Waals surface area contributed by atoms with Crippen molar-refractivity contribution in [1.82, 2.24) is 19.7 Å². The minimum absolute atomic E-state index is 0.00340. The quantitative estimate of drug-likeness (QED) is 0.423. The third-order valence-electron chi connectivity index (χ3n) is 6.44. The fraction of sp³-hybridized carbons (Fsp3) is 0.320. The molecule has 0 radical (unpaired) electrons. The van der Waals surface area contributed by atoms with E-state index in [4.69, 9.17) is 39.5 Å². The molecule has 2 saturated heterocycles. The molecule has 0 spiro atoms. The molecule has 0 aliphatic carbocycles. The van der Waals surface area contributed by atoms with E-state index >= 15 is 0 Å². The molecule has 5 rings (SSSR count). The van der Waals surface area contributed by atoms with Gasteiger partial charge in [0.2, 0.25) is 0 Å². The summed E-state index contributed by atoms with van der Waals surface area (Å²) >= 11 is 19.8. The van der Waals surface area contributed by atoms with E-state index in [2.05, 4.69) is 9.88 Å². The van der Waals surface area contributed by atoms with Crippen LogP contribution in [-0.2, 0) is 6.61 Å². The molecule has 36 heavy (non-hydrogen) atoms. The van der Waals surface area contributed by atoms with E-state index in [-0.39, 0.29) is 18.4 Å². The van der Waals surface area contributed by atoms with Gasteiger partial charge in [0.25, 0.3) is 11.8 Å². The number of amides is 2. The number of carbonyl (C=O) groups is 2. The van der Waals surface area contributed by atoms with Crippen LogP contribution in [0.5, 0.6) is 5.75 Å². The minimum Gasteiger partial charge on any atom is -0.487 e. The molecule has 0 bridgehead atoms. The lowest BCUT2D eigenvalue weighted by Gasteiger charge is -2.48. The average Bonchev–Trinajstić information content (AvgIpc) is 3.39. The molecule has 3 aromatic rings. The molecule has 1 aromatic heterocycles. The molecule has 0 N–H and O–H groups in total. The van der Waals surface area contributed by atoms with Gasteiger partial charge in [0.15, 0.2) is 5.01 Å². The van der Waals surface area contributed by atoms with Crippen LogP contribution in [0.4, 0.5) is 0 Å². The van der Waals surface area contributed by atoms with Gasteiger partial charge in [0, 0.05) is 62.5 Å². The summed E-state index contributed by atoms with van der Waals surface area (Å²) in [5.41, 5.74) is 1.39. The molecule has 0 saturated carbocycles. The molecule has 188 valence electrons. The fourth-order valence-corrected chi connectivity index (χ4v) is 5.49. The van der Waals surface area contributed by atoms with Crippen LogP contribution in [0.1, 0.15) is 25.7 Å². The molecule has 2 amide bonds. The second-order valence-electron chi connectivity index (χ2n) is 8.71. The van der Waals surface area contributed by atoms with Gasteiger partial charge in [-0.2, -0.15) is 0 Å². The number of hydrogen-bond donors (Lipinski definition) is 0. The Labute approximate surface area is 228 Å². The third-order valence-corrected chi connectivity index (χ3v) is 8.24. The van der Waals surface area contributed by atoms with Gasteiger partial charge in [-0.1, -0.05) is 40.9 Å². The molecular formula is C25H23Cl3N4O3S. The molecular weight excluding hydrogens is 543 g/mol. The minimum atomic E-state index is -0.0539. The zero-order chi connectivity index (χ0) is 25.2. The van der Waals surface area contributed by atoms with E-state index in [0.29, 0.717) is 63.6 Å². The summed E-state index contributed by atoms with van der Waals surface area (Å²) in [6.45, 7) is 4.52.